The minimum absolute atomic E-state index is 0.0580. The second-order valence-electron chi connectivity index (χ2n) is 5.94. The molecule has 0 spiro atoms. The van der Waals surface area contributed by atoms with E-state index in [4.69, 9.17) is 4.74 Å². The van der Waals surface area contributed by atoms with Gasteiger partial charge in [-0.25, -0.2) is 0 Å². The second-order valence-corrected chi connectivity index (χ2v) is 5.94. The number of hydrogen-bond donors (Lipinski definition) is 2. The van der Waals surface area contributed by atoms with Crippen molar-refractivity contribution in [3.8, 4) is 5.75 Å². The number of hydrogen-bond acceptors (Lipinski definition) is 4. The van der Waals surface area contributed by atoms with Gasteiger partial charge in [0.1, 0.15) is 11.4 Å². The van der Waals surface area contributed by atoms with Gasteiger partial charge in [-0.15, -0.1) is 0 Å². The van der Waals surface area contributed by atoms with Crippen LogP contribution in [0.15, 0.2) is 24.3 Å². The molecule has 108 valence electrons. The Morgan fingerprint density at radius 2 is 2.15 bits per heavy atom. The monoisotopic (exact) mass is 276 g/mol. The number of para-hydroxylation sites is 2. The van der Waals surface area contributed by atoms with E-state index in [1.165, 1.54) is 0 Å². The zero-order valence-corrected chi connectivity index (χ0v) is 11.8. The molecule has 0 aromatic heterocycles. The highest BCUT2D eigenvalue weighted by Crippen LogP contribution is 2.32. The molecule has 2 heterocycles. The highest BCUT2D eigenvalue weighted by molar-refractivity contribution is 5.84. The standard InChI is InChI=1S/C15H20N2O3/c1-10(2)15(19)8-17(9-15)14(18)13-7-16-11-5-3-4-6-12(11)20-13/h3-6,10,13,16,19H,7-9H2,1-2H3. The Balaban J connectivity index is 1.64. The van der Waals surface area contributed by atoms with E-state index in [2.05, 4.69) is 5.32 Å². The molecule has 1 atom stereocenters. The van der Waals surface area contributed by atoms with Crippen molar-refractivity contribution in [2.24, 2.45) is 5.92 Å². The molecule has 1 unspecified atom stereocenters. The Morgan fingerprint density at radius 3 is 2.85 bits per heavy atom. The van der Waals surface area contributed by atoms with E-state index in [-0.39, 0.29) is 11.8 Å². The SMILES string of the molecule is CC(C)C1(O)CN(C(=O)C2CNc3ccccc3O2)C1. The van der Waals surface area contributed by atoms with Crippen molar-refractivity contribution < 1.29 is 14.6 Å². The van der Waals surface area contributed by atoms with Gasteiger partial charge >= 0.3 is 0 Å². The topological polar surface area (TPSA) is 61.8 Å². The largest absolute Gasteiger partial charge is 0.477 e. The van der Waals surface area contributed by atoms with E-state index in [0.717, 1.165) is 5.69 Å². The Hall–Kier alpha value is -1.75. The van der Waals surface area contributed by atoms with Crippen molar-refractivity contribution in [3.63, 3.8) is 0 Å². The lowest BCUT2D eigenvalue weighted by Gasteiger charge is -2.50. The molecule has 1 amide bonds. The molecule has 3 rings (SSSR count). The van der Waals surface area contributed by atoms with E-state index < -0.39 is 11.7 Å². The Kier molecular flexibility index (Phi) is 3.09. The van der Waals surface area contributed by atoms with Gasteiger partial charge in [-0.1, -0.05) is 26.0 Å². The summed E-state index contributed by atoms with van der Waals surface area (Å²) in [6.07, 6.45) is -0.512. The number of nitrogens with one attached hydrogen (secondary N) is 1. The van der Waals surface area contributed by atoms with Gasteiger partial charge < -0.3 is 20.1 Å². The third-order valence-corrected chi connectivity index (χ3v) is 4.23. The maximum atomic E-state index is 12.4. The third-order valence-electron chi connectivity index (χ3n) is 4.23. The van der Waals surface area contributed by atoms with Crippen molar-refractivity contribution >= 4 is 11.6 Å². The number of rotatable bonds is 2. The fraction of sp³-hybridized carbons (Fsp3) is 0.533. The zero-order chi connectivity index (χ0) is 14.3. The van der Waals surface area contributed by atoms with Gasteiger partial charge in [0.25, 0.3) is 5.91 Å². The molecule has 1 fully saturated rings. The van der Waals surface area contributed by atoms with Crippen LogP contribution in [0, 0.1) is 5.92 Å². The van der Waals surface area contributed by atoms with Gasteiger partial charge in [0.15, 0.2) is 6.10 Å². The minimum atomic E-state index is -0.740. The first kappa shape index (κ1) is 13.2. The van der Waals surface area contributed by atoms with E-state index in [9.17, 15) is 9.90 Å². The summed E-state index contributed by atoms with van der Waals surface area (Å²) in [7, 11) is 0. The Labute approximate surface area is 118 Å². The van der Waals surface area contributed by atoms with Gasteiger partial charge in [0, 0.05) is 0 Å². The van der Waals surface area contributed by atoms with Crippen LogP contribution in [0.1, 0.15) is 13.8 Å². The number of carbonyl (C=O) groups excluding carboxylic acids is 1. The fourth-order valence-corrected chi connectivity index (χ4v) is 2.59. The number of anilines is 1. The molecule has 0 aliphatic carbocycles. The predicted octanol–water partition coefficient (Wildman–Crippen LogP) is 1.09. The van der Waals surface area contributed by atoms with Gasteiger partial charge in [0.2, 0.25) is 0 Å². The smallest absolute Gasteiger partial charge is 0.265 e. The lowest BCUT2D eigenvalue weighted by atomic mass is 9.82. The molecule has 1 saturated heterocycles. The summed E-state index contributed by atoms with van der Waals surface area (Å²) in [5.74, 6) is 0.798. The summed E-state index contributed by atoms with van der Waals surface area (Å²) in [6, 6.07) is 7.59. The van der Waals surface area contributed by atoms with Crippen LogP contribution in [0.2, 0.25) is 0 Å². The number of ether oxygens (including phenoxy) is 1. The number of aliphatic hydroxyl groups is 1. The van der Waals surface area contributed by atoms with Crippen molar-refractivity contribution in [1.82, 2.24) is 4.90 Å². The lowest BCUT2D eigenvalue weighted by molar-refractivity contribution is -0.169. The summed E-state index contributed by atoms with van der Waals surface area (Å²) in [6.45, 7) is 5.19. The maximum Gasteiger partial charge on any atom is 0.265 e. The summed E-state index contributed by atoms with van der Waals surface area (Å²) < 4.78 is 5.74. The quantitative estimate of drug-likeness (QED) is 0.849. The van der Waals surface area contributed by atoms with Crippen molar-refractivity contribution in [3.05, 3.63) is 24.3 Å². The van der Waals surface area contributed by atoms with Crippen LogP contribution < -0.4 is 10.1 Å². The number of β-amino-alcohol motifs (C(OH)–C–C–N with tert-alkyl or cyclic N) is 1. The van der Waals surface area contributed by atoms with Crippen molar-refractivity contribution in [2.45, 2.75) is 25.6 Å². The van der Waals surface area contributed by atoms with Gasteiger partial charge in [-0.3, -0.25) is 4.79 Å². The lowest BCUT2D eigenvalue weighted by Crippen LogP contribution is -2.68. The molecule has 0 radical (unpaired) electrons. The van der Waals surface area contributed by atoms with Gasteiger partial charge in [-0.2, -0.15) is 0 Å². The molecule has 2 aliphatic heterocycles. The maximum absolute atomic E-state index is 12.4. The number of carbonyl (C=O) groups is 1. The average Bonchev–Trinajstić information content (AvgIpc) is 2.42. The first-order valence-electron chi connectivity index (χ1n) is 7.00. The number of likely N-dealkylation sites (tertiary alicyclic amines) is 1. The molecular formula is C15H20N2O3. The van der Waals surface area contributed by atoms with Crippen LogP contribution in [-0.4, -0.2) is 47.3 Å². The molecule has 20 heavy (non-hydrogen) atoms. The number of fused-ring (bicyclic) bond motifs is 1. The summed E-state index contributed by atoms with van der Waals surface area (Å²) in [5, 5.41) is 13.4. The number of benzene rings is 1. The van der Waals surface area contributed by atoms with Crippen molar-refractivity contribution in [2.75, 3.05) is 25.0 Å². The minimum Gasteiger partial charge on any atom is -0.477 e. The van der Waals surface area contributed by atoms with Crippen LogP contribution in [0.3, 0.4) is 0 Å². The van der Waals surface area contributed by atoms with E-state index >= 15 is 0 Å². The molecule has 5 heteroatoms. The molecule has 0 bridgehead atoms. The summed E-state index contributed by atoms with van der Waals surface area (Å²) in [4.78, 5) is 14.0. The fourth-order valence-electron chi connectivity index (χ4n) is 2.59. The Morgan fingerprint density at radius 1 is 1.45 bits per heavy atom. The van der Waals surface area contributed by atoms with Gasteiger partial charge in [0.05, 0.1) is 25.3 Å². The molecule has 0 saturated carbocycles. The third kappa shape index (κ3) is 2.12. The molecule has 2 aliphatic rings. The van der Waals surface area contributed by atoms with Crippen molar-refractivity contribution in [1.29, 1.82) is 0 Å². The molecule has 1 aromatic carbocycles. The normalized spacial score (nSPS) is 23.4. The number of amides is 1. The Bertz CT molecular complexity index is 524. The molecule has 2 N–H and O–H groups in total. The van der Waals surface area contributed by atoms with Crippen LogP contribution in [0.25, 0.3) is 0 Å². The van der Waals surface area contributed by atoms with Gasteiger partial charge in [-0.05, 0) is 18.1 Å². The molecule has 5 nitrogen and oxygen atoms in total. The summed E-state index contributed by atoms with van der Waals surface area (Å²) >= 11 is 0. The van der Waals surface area contributed by atoms with Crippen LogP contribution in [0.5, 0.6) is 5.75 Å². The summed E-state index contributed by atoms with van der Waals surface area (Å²) in [5.41, 5.74) is 0.175. The first-order chi connectivity index (χ1) is 9.49. The van der Waals surface area contributed by atoms with Crippen LogP contribution >= 0.6 is 0 Å². The molecular weight excluding hydrogens is 256 g/mol. The van der Waals surface area contributed by atoms with E-state index in [0.29, 0.717) is 25.4 Å². The zero-order valence-electron chi connectivity index (χ0n) is 11.8. The average molecular weight is 276 g/mol. The van der Waals surface area contributed by atoms with E-state index in [1.807, 2.05) is 38.1 Å². The van der Waals surface area contributed by atoms with Crippen LogP contribution in [0.4, 0.5) is 5.69 Å². The number of nitrogens with zero attached hydrogens (tertiary/aromatic N) is 1. The highest BCUT2D eigenvalue weighted by Gasteiger charge is 2.47. The first-order valence-corrected chi connectivity index (χ1v) is 7.00. The highest BCUT2D eigenvalue weighted by atomic mass is 16.5. The van der Waals surface area contributed by atoms with Crippen LogP contribution in [-0.2, 0) is 4.79 Å². The predicted molar refractivity (Wildman–Crippen MR) is 75.7 cm³/mol. The molecule has 1 aromatic rings. The van der Waals surface area contributed by atoms with E-state index in [1.54, 1.807) is 4.90 Å². The second kappa shape index (κ2) is 4.66.